The van der Waals surface area contributed by atoms with Gasteiger partial charge in [-0.05, 0) is 99.3 Å². The van der Waals surface area contributed by atoms with E-state index in [0.717, 1.165) is 32.1 Å². The molecule has 10 heteroatoms. The Morgan fingerprint density at radius 1 is 0.889 bits per heavy atom. The molecule has 5 atom stereocenters. The first-order chi connectivity index (χ1) is 21.0. The van der Waals surface area contributed by atoms with E-state index in [0.29, 0.717) is 12.8 Å². The number of aliphatic hydroxyl groups excluding tert-OH is 1. The topological polar surface area (TPSA) is 149 Å². The molecule has 2 bridgehead atoms. The maximum atomic E-state index is 12.2. The van der Waals surface area contributed by atoms with Crippen molar-refractivity contribution in [3.8, 4) is 6.07 Å². The van der Waals surface area contributed by atoms with Crippen molar-refractivity contribution in [1.82, 2.24) is 0 Å². The molecular formula is C35H57NO9. The molecule has 3 aliphatic carbocycles. The SMILES string of the molecule is CCC(C)(C)C(=O)OC1C2CC3C1OC(=O)C3(C#N)C2.CCC(C)(C)C(=O)OC1CCCCC1.CCC(C)(C)C(=O)OCCO. The quantitative estimate of drug-likeness (QED) is 0.221. The lowest BCUT2D eigenvalue weighted by atomic mass is 9.74. The van der Waals surface area contributed by atoms with Gasteiger partial charge in [0.1, 0.15) is 24.9 Å². The fraction of sp³-hybridized carbons (Fsp3) is 0.857. The van der Waals surface area contributed by atoms with Crippen LogP contribution in [-0.2, 0) is 38.1 Å². The Morgan fingerprint density at radius 2 is 1.40 bits per heavy atom. The Balaban J connectivity index is 0.000000249. The molecule has 1 heterocycles. The number of esters is 4. The molecule has 4 rings (SSSR count). The summed E-state index contributed by atoms with van der Waals surface area (Å²) in [7, 11) is 0. The predicted octanol–water partition coefficient (Wildman–Crippen LogP) is 6.07. The summed E-state index contributed by atoms with van der Waals surface area (Å²) < 4.78 is 21.3. The fourth-order valence-corrected chi connectivity index (χ4v) is 5.83. The van der Waals surface area contributed by atoms with Gasteiger partial charge in [-0.25, -0.2) is 0 Å². The van der Waals surface area contributed by atoms with Gasteiger partial charge in [0.2, 0.25) is 0 Å². The molecule has 4 fully saturated rings. The molecule has 256 valence electrons. The monoisotopic (exact) mass is 635 g/mol. The first-order valence-electron chi connectivity index (χ1n) is 16.8. The van der Waals surface area contributed by atoms with Crippen LogP contribution in [-0.4, -0.2) is 60.5 Å². The summed E-state index contributed by atoms with van der Waals surface area (Å²) in [5, 5.41) is 17.7. The summed E-state index contributed by atoms with van der Waals surface area (Å²) in [6.07, 6.45) is 8.75. The van der Waals surface area contributed by atoms with Gasteiger partial charge in [-0.3, -0.25) is 19.2 Å². The lowest BCUT2D eigenvalue weighted by Crippen LogP contribution is -2.42. The van der Waals surface area contributed by atoms with Crippen LogP contribution in [0.4, 0.5) is 0 Å². The number of hydrogen-bond donors (Lipinski definition) is 1. The maximum Gasteiger partial charge on any atom is 0.327 e. The van der Waals surface area contributed by atoms with Gasteiger partial charge in [-0.2, -0.15) is 5.26 Å². The molecule has 5 unspecified atom stereocenters. The molecule has 45 heavy (non-hydrogen) atoms. The molecule has 0 amide bonds. The summed E-state index contributed by atoms with van der Waals surface area (Å²) in [5.74, 6) is -0.963. The van der Waals surface area contributed by atoms with Crippen LogP contribution < -0.4 is 0 Å². The van der Waals surface area contributed by atoms with Crippen molar-refractivity contribution in [3.63, 3.8) is 0 Å². The van der Waals surface area contributed by atoms with Crippen LogP contribution in [0.5, 0.6) is 0 Å². The van der Waals surface area contributed by atoms with Gasteiger partial charge >= 0.3 is 23.9 Å². The third kappa shape index (κ3) is 8.99. The van der Waals surface area contributed by atoms with E-state index >= 15 is 0 Å². The smallest absolute Gasteiger partial charge is 0.327 e. The zero-order valence-corrected chi connectivity index (χ0v) is 29.0. The second-order valence-corrected chi connectivity index (χ2v) is 14.9. The maximum absolute atomic E-state index is 12.2. The average Bonchev–Trinajstić information content (AvgIpc) is 3.63. The summed E-state index contributed by atoms with van der Waals surface area (Å²) in [5.41, 5.74) is -2.23. The minimum absolute atomic E-state index is 0.0214. The fourth-order valence-electron chi connectivity index (χ4n) is 5.83. The lowest BCUT2D eigenvalue weighted by Gasteiger charge is -2.30. The molecule has 0 aromatic rings. The summed E-state index contributed by atoms with van der Waals surface area (Å²) >= 11 is 0. The minimum atomic E-state index is -0.974. The van der Waals surface area contributed by atoms with E-state index in [-0.39, 0.29) is 60.6 Å². The second-order valence-electron chi connectivity index (χ2n) is 14.9. The summed E-state index contributed by atoms with van der Waals surface area (Å²) in [4.78, 5) is 47.0. The van der Waals surface area contributed by atoms with Crippen LogP contribution in [0.3, 0.4) is 0 Å². The number of ether oxygens (including phenoxy) is 4. The molecule has 4 aliphatic rings. The van der Waals surface area contributed by atoms with Crippen molar-refractivity contribution in [1.29, 1.82) is 5.26 Å². The Labute approximate surface area is 269 Å². The highest BCUT2D eigenvalue weighted by Gasteiger charge is 2.72. The first-order valence-corrected chi connectivity index (χ1v) is 16.8. The highest BCUT2D eigenvalue weighted by molar-refractivity contribution is 5.84. The lowest BCUT2D eigenvalue weighted by molar-refractivity contribution is -0.170. The van der Waals surface area contributed by atoms with Crippen molar-refractivity contribution in [2.24, 2.45) is 33.5 Å². The van der Waals surface area contributed by atoms with Crippen molar-refractivity contribution in [2.45, 2.75) is 145 Å². The molecule has 1 N–H and O–H groups in total. The van der Waals surface area contributed by atoms with Crippen LogP contribution in [0, 0.1) is 44.8 Å². The Kier molecular flexibility index (Phi) is 13.5. The van der Waals surface area contributed by atoms with E-state index in [4.69, 9.17) is 24.1 Å². The van der Waals surface area contributed by atoms with E-state index in [1.807, 2.05) is 62.3 Å². The zero-order valence-electron chi connectivity index (χ0n) is 29.0. The van der Waals surface area contributed by atoms with Gasteiger partial charge in [-0.15, -0.1) is 0 Å². The van der Waals surface area contributed by atoms with E-state index in [1.54, 1.807) is 0 Å². The van der Waals surface area contributed by atoms with Crippen LogP contribution in [0.15, 0.2) is 0 Å². The van der Waals surface area contributed by atoms with E-state index in [2.05, 4.69) is 6.07 Å². The largest absolute Gasteiger partial charge is 0.463 e. The molecule has 0 spiro atoms. The van der Waals surface area contributed by atoms with Crippen molar-refractivity contribution >= 4 is 23.9 Å². The number of carbonyl (C=O) groups excluding carboxylic acids is 4. The molecule has 1 aliphatic heterocycles. The van der Waals surface area contributed by atoms with Gasteiger partial charge in [0, 0.05) is 11.8 Å². The first kappa shape index (κ1) is 38.5. The second kappa shape index (κ2) is 15.8. The Bertz CT molecular complexity index is 1090. The average molecular weight is 636 g/mol. The molecule has 3 saturated carbocycles. The van der Waals surface area contributed by atoms with Gasteiger partial charge < -0.3 is 24.1 Å². The standard InChI is InChI=1S/C15H19NO4.C12H22O2.C8H16O3/c1-4-14(2,3)12(17)19-10-8-5-9-11(10)20-13(18)15(9,6-8)7-16;1-4-12(2,3)11(13)14-10-8-6-5-7-9-10;1-4-8(2,3)7(10)11-6-5-9/h8-11H,4-6H2,1-3H3;10H,4-9H2,1-3H3;9H,4-6H2,1-3H3. The normalized spacial score (nSPS) is 27.2. The predicted molar refractivity (Wildman–Crippen MR) is 167 cm³/mol. The van der Waals surface area contributed by atoms with Crippen molar-refractivity contribution in [2.75, 3.05) is 13.2 Å². The van der Waals surface area contributed by atoms with Crippen LogP contribution in [0.25, 0.3) is 0 Å². The molecule has 1 saturated heterocycles. The number of aliphatic hydroxyl groups is 1. The molecule has 10 nitrogen and oxygen atoms in total. The minimum Gasteiger partial charge on any atom is -0.463 e. The number of fused-ring (bicyclic) bond motifs is 1. The Morgan fingerprint density at radius 3 is 1.89 bits per heavy atom. The van der Waals surface area contributed by atoms with Gasteiger partial charge in [0.15, 0.2) is 5.41 Å². The third-order valence-electron chi connectivity index (χ3n) is 10.5. The van der Waals surface area contributed by atoms with Crippen molar-refractivity contribution < 1.29 is 43.2 Å². The number of carbonyl (C=O) groups is 4. The zero-order chi connectivity index (χ0) is 34.2. The third-order valence-corrected chi connectivity index (χ3v) is 10.5. The van der Waals surface area contributed by atoms with Crippen LogP contribution in [0.1, 0.15) is 127 Å². The van der Waals surface area contributed by atoms with Crippen LogP contribution in [0.2, 0.25) is 0 Å². The van der Waals surface area contributed by atoms with E-state index < -0.39 is 28.3 Å². The number of nitrogens with zero attached hydrogens (tertiary/aromatic N) is 1. The van der Waals surface area contributed by atoms with Crippen molar-refractivity contribution in [3.05, 3.63) is 0 Å². The molecule has 0 aromatic heterocycles. The number of hydrogen-bond acceptors (Lipinski definition) is 10. The van der Waals surface area contributed by atoms with Gasteiger partial charge in [0.05, 0.1) is 28.9 Å². The Hall–Kier alpha value is -2.67. The highest BCUT2D eigenvalue weighted by atomic mass is 16.6. The summed E-state index contributed by atoms with van der Waals surface area (Å²) in [6, 6.07) is 2.15. The van der Waals surface area contributed by atoms with E-state index in [1.165, 1.54) is 19.3 Å². The molecule has 0 aromatic carbocycles. The van der Waals surface area contributed by atoms with Gasteiger partial charge in [-0.1, -0.05) is 27.2 Å². The number of nitriles is 1. The van der Waals surface area contributed by atoms with Gasteiger partial charge in [0.25, 0.3) is 0 Å². The number of rotatable bonds is 10. The molecular weight excluding hydrogens is 578 g/mol. The van der Waals surface area contributed by atoms with Crippen LogP contribution >= 0.6 is 0 Å². The summed E-state index contributed by atoms with van der Waals surface area (Å²) in [6.45, 7) is 17.2. The van der Waals surface area contributed by atoms with E-state index in [9.17, 15) is 24.4 Å². The highest BCUT2D eigenvalue weighted by Crippen LogP contribution is 2.62. The molecule has 0 radical (unpaired) electrons.